The fourth-order valence-corrected chi connectivity index (χ4v) is 1.29. The summed E-state index contributed by atoms with van der Waals surface area (Å²) in [5.41, 5.74) is -1.14. The van der Waals surface area contributed by atoms with E-state index < -0.39 is 30.5 Å². The lowest BCUT2D eigenvalue weighted by molar-refractivity contribution is -0.141. The van der Waals surface area contributed by atoms with Crippen LogP contribution in [-0.2, 0) is 17.5 Å². The highest BCUT2D eigenvalue weighted by Crippen LogP contribution is 2.27. The van der Waals surface area contributed by atoms with Crippen molar-refractivity contribution < 1.29 is 32.0 Å². The lowest BCUT2D eigenvalue weighted by Crippen LogP contribution is -2.10. The molecular formula is C11H9F3N4O4. The monoisotopic (exact) mass is 318 g/mol. The Labute approximate surface area is 121 Å². The minimum Gasteiger partial charge on any atom is -0.460 e. The fourth-order valence-electron chi connectivity index (χ4n) is 1.29. The van der Waals surface area contributed by atoms with Gasteiger partial charge in [-0.1, -0.05) is 0 Å². The number of nitrogens with zero attached hydrogens (tertiary/aromatic N) is 4. The van der Waals surface area contributed by atoms with Gasteiger partial charge in [0, 0.05) is 6.20 Å². The molecule has 2 rings (SSSR count). The molecule has 0 bridgehead atoms. The van der Waals surface area contributed by atoms with Crippen LogP contribution in [0.4, 0.5) is 13.2 Å². The second-order valence-electron chi connectivity index (χ2n) is 3.74. The predicted octanol–water partition coefficient (Wildman–Crippen LogP) is 1.63. The van der Waals surface area contributed by atoms with Crippen LogP contribution in [0.15, 0.2) is 16.8 Å². The summed E-state index contributed by atoms with van der Waals surface area (Å²) >= 11 is 0. The van der Waals surface area contributed by atoms with E-state index in [1.165, 1.54) is 0 Å². The van der Waals surface area contributed by atoms with Crippen LogP contribution in [0, 0.1) is 0 Å². The van der Waals surface area contributed by atoms with Crippen LogP contribution in [0.25, 0.3) is 0 Å². The van der Waals surface area contributed by atoms with E-state index in [2.05, 4.69) is 29.4 Å². The highest BCUT2D eigenvalue weighted by Gasteiger charge is 2.33. The van der Waals surface area contributed by atoms with Crippen molar-refractivity contribution in [2.75, 3.05) is 6.61 Å². The van der Waals surface area contributed by atoms with Crippen molar-refractivity contribution in [1.29, 1.82) is 0 Å². The van der Waals surface area contributed by atoms with Crippen LogP contribution < -0.4 is 4.74 Å². The summed E-state index contributed by atoms with van der Waals surface area (Å²) < 4.78 is 51.6. The minimum absolute atomic E-state index is 0.135. The molecule has 2 aromatic heterocycles. The van der Waals surface area contributed by atoms with Crippen LogP contribution in [0.5, 0.6) is 6.01 Å². The third-order valence-electron chi connectivity index (χ3n) is 2.17. The average Bonchev–Trinajstić information content (AvgIpc) is 2.94. The summed E-state index contributed by atoms with van der Waals surface area (Å²) in [4.78, 5) is 21.7. The molecule has 0 saturated carbocycles. The molecule has 0 aliphatic carbocycles. The zero-order valence-electron chi connectivity index (χ0n) is 11.1. The molecule has 0 aromatic carbocycles. The molecule has 0 N–H and O–H groups in total. The normalized spacial score (nSPS) is 11.3. The molecule has 0 fully saturated rings. The summed E-state index contributed by atoms with van der Waals surface area (Å²) in [7, 11) is 0. The molecule has 0 atom stereocenters. The number of aromatic nitrogens is 4. The van der Waals surface area contributed by atoms with Crippen LogP contribution in [0.2, 0.25) is 0 Å². The molecular weight excluding hydrogens is 309 g/mol. The largest absolute Gasteiger partial charge is 0.460 e. The van der Waals surface area contributed by atoms with E-state index in [1.54, 1.807) is 6.92 Å². The minimum atomic E-state index is -4.61. The first kappa shape index (κ1) is 15.7. The Hall–Kier alpha value is -2.72. The van der Waals surface area contributed by atoms with E-state index in [0.717, 1.165) is 6.20 Å². The Bertz CT molecular complexity index is 659. The van der Waals surface area contributed by atoms with Gasteiger partial charge in [0.1, 0.15) is 0 Å². The zero-order chi connectivity index (χ0) is 16.2. The van der Waals surface area contributed by atoms with Crippen molar-refractivity contribution in [2.24, 2.45) is 0 Å². The maximum Gasteiger partial charge on any atom is 0.433 e. The van der Waals surface area contributed by atoms with Gasteiger partial charge < -0.3 is 14.0 Å². The summed E-state index contributed by atoms with van der Waals surface area (Å²) in [6, 6.07) is 0.198. The van der Waals surface area contributed by atoms with Crippen LogP contribution >= 0.6 is 0 Å². The molecule has 0 spiro atoms. The zero-order valence-corrected chi connectivity index (χ0v) is 11.1. The second kappa shape index (κ2) is 6.37. The molecule has 0 radical (unpaired) electrons. The lowest BCUT2D eigenvalue weighted by atomic mass is 10.4. The van der Waals surface area contributed by atoms with E-state index in [9.17, 15) is 18.0 Å². The Kier molecular flexibility index (Phi) is 4.53. The lowest BCUT2D eigenvalue weighted by Gasteiger charge is -2.06. The fraction of sp³-hybridized carbons (Fsp3) is 0.364. The van der Waals surface area contributed by atoms with Crippen molar-refractivity contribution in [3.63, 3.8) is 0 Å². The Morgan fingerprint density at radius 3 is 2.82 bits per heavy atom. The molecule has 0 saturated heterocycles. The van der Waals surface area contributed by atoms with Gasteiger partial charge in [0.25, 0.3) is 11.7 Å². The number of carbonyl (C=O) groups excluding carboxylic acids is 1. The molecule has 8 nitrogen and oxygen atoms in total. The Balaban J connectivity index is 2.00. The van der Waals surface area contributed by atoms with Crippen molar-refractivity contribution >= 4 is 5.97 Å². The first-order valence-corrected chi connectivity index (χ1v) is 5.93. The summed E-state index contributed by atoms with van der Waals surface area (Å²) in [5, 5.41) is 3.34. The number of esters is 1. The van der Waals surface area contributed by atoms with Gasteiger partial charge in [-0.3, -0.25) is 0 Å². The van der Waals surface area contributed by atoms with Gasteiger partial charge in [-0.2, -0.15) is 23.1 Å². The van der Waals surface area contributed by atoms with Crippen molar-refractivity contribution in [2.45, 2.75) is 19.7 Å². The average molecular weight is 318 g/mol. The standard InChI is InChI=1S/C11H9F3N4O4/c1-2-20-9(19)8-17-7(22-18-8)5-21-10-15-4-3-6(16-10)11(12,13)14/h3-4H,2,5H2,1H3. The summed E-state index contributed by atoms with van der Waals surface area (Å²) in [5.74, 6) is -1.23. The third-order valence-corrected chi connectivity index (χ3v) is 2.17. The quantitative estimate of drug-likeness (QED) is 0.767. The molecule has 0 amide bonds. The molecule has 0 aliphatic heterocycles. The van der Waals surface area contributed by atoms with Crippen LogP contribution in [0.3, 0.4) is 0 Å². The van der Waals surface area contributed by atoms with Gasteiger partial charge in [-0.05, 0) is 18.1 Å². The summed E-state index contributed by atoms with van der Waals surface area (Å²) in [6.45, 7) is 1.35. The Morgan fingerprint density at radius 1 is 1.36 bits per heavy atom. The highest BCUT2D eigenvalue weighted by atomic mass is 19.4. The number of rotatable bonds is 5. The van der Waals surface area contributed by atoms with Gasteiger partial charge in [-0.15, -0.1) is 0 Å². The molecule has 22 heavy (non-hydrogen) atoms. The maximum atomic E-state index is 12.5. The summed E-state index contributed by atoms with van der Waals surface area (Å²) in [6.07, 6.45) is -3.70. The van der Waals surface area contributed by atoms with E-state index >= 15 is 0 Å². The van der Waals surface area contributed by atoms with E-state index in [0.29, 0.717) is 6.07 Å². The SMILES string of the molecule is CCOC(=O)c1noc(COc2nccc(C(F)(F)F)n2)n1. The molecule has 0 aliphatic rings. The number of halogens is 3. The van der Waals surface area contributed by atoms with Crippen LogP contribution in [0.1, 0.15) is 29.1 Å². The first-order valence-electron chi connectivity index (χ1n) is 5.93. The highest BCUT2D eigenvalue weighted by molar-refractivity contribution is 5.84. The van der Waals surface area contributed by atoms with E-state index in [-0.39, 0.29) is 18.3 Å². The number of ether oxygens (including phenoxy) is 2. The van der Waals surface area contributed by atoms with Crippen molar-refractivity contribution in [3.8, 4) is 6.01 Å². The topological polar surface area (TPSA) is 100 Å². The van der Waals surface area contributed by atoms with Gasteiger partial charge >= 0.3 is 18.2 Å². The third kappa shape index (κ3) is 3.90. The molecule has 0 unspecified atom stereocenters. The number of hydrogen-bond acceptors (Lipinski definition) is 8. The van der Waals surface area contributed by atoms with Gasteiger partial charge in [-0.25, -0.2) is 9.78 Å². The maximum absolute atomic E-state index is 12.5. The van der Waals surface area contributed by atoms with Crippen molar-refractivity contribution in [1.82, 2.24) is 20.1 Å². The molecule has 2 aromatic rings. The first-order chi connectivity index (χ1) is 10.4. The van der Waals surface area contributed by atoms with Crippen molar-refractivity contribution in [3.05, 3.63) is 29.7 Å². The molecule has 11 heteroatoms. The number of hydrogen-bond donors (Lipinski definition) is 0. The van der Waals surface area contributed by atoms with Gasteiger partial charge in [0.2, 0.25) is 0 Å². The van der Waals surface area contributed by atoms with Gasteiger partial charge in [0.05, 0.1) is 6.61 Å². The number of alkyl halides is 3. The van der Waals surface area contributed by atoms with Gasteiger partial charge in [0.15, 0.2) is 12.3 Å². The second-order valence-corrected chi connectivity index (χ2v) is 3.74. The number of carbonyl (C=O) groups is 1. The predicted molar refractivity (Wildman–Crippen MR) is 61.6 cm³/mol. The van der Waals surface area contributed by atoms with E-state index in [4.69, 9.17) is 4.74 Å². The smallest absolute Gasteiger partial charge is 0.433 e. The van der Waals surface area contributed by atoms with E-state index in [1.807, 2.05) is 0 Å². The molecule has 118 valence electrons. The Morgan fingerprint density at radius 2 is 2.14 bits per heavy atom. The molecule has 2 heterocycles. The van der Waals surface area contributed by atoms with Crippen LogP contribution in [-0.4, -0.2) is 32.7 Å².